The van der Waals surface area contributed by atoms with Crippen molar-refractivity contribution in [2.24, 2.45) is 0 Å². The Labute approximate surface area is 82.5 Å². The zero-order valence-corrected chi connectivity index (χ0v) is 8.03. The summed E-state index contributed by atoms with van der Waals surface area (Å²) in [4.78, 5) is 4.16. The maximum Gasteiger partial charge on any atom is 0.221 e. The molecule has 0 aliphatic rings. The molecule has 72 valence electrons. The van der Waals surface area contributed by atoms with E-state index in [1.165, 1.54) is 0 Å². The van der Waals surface area contributed by atoms with Crippen molar-refractivity contribution in [3.8, 4) is 5.88 Å². The molecule has 3 heteroatoms. The molecule has 0 saturated carbocycles. The summed E-state index contributed by atoms with van der Waals surface area (Å²) in [7, 11) is 0. The number of nitrogens with two attached hydrogens (primary N) is 1. The smallest absolute Gasteiger partial charge is 0.221 e. The number of rotatable bonds is 2. The Hall–Kier alpha value is -1.77. The second-order valence-corrected chi connectivity index (χ2v) is 2.99. The molecule has 0 bridgehead atoms. The molecular weight excluding hydrogens is 176 g/mol. The average molecular weight is 188 g/mol. The SMILES string of the molecule is CCOc1nccc2c(N)cccc12. The van der Waals surface area contributed by atoms with E-state index in [2.05, 4.69) is 4.98 Å². The van der Waals surface area contributed by atoms with Gasteiger partial charge in [0, 0.05) is 22.7 Å². The van der Waals surface area contributed by atoms with Gasteiger partial charge in [-0.05, 0) is 25.1 Å². The molecule has 0 spiro atoms. The highest BCUT2D eigenvalue weighted by Gasteiger charge is 2.03. The van der Waals surface area contributed by atoms with Crippen LogP contribution in [0.2, 0.25) is 0 Å². The molecule has 0 aliphatic heterocycles. The second-order valence-electron chi connectivity index (χ2n) is 2.99. The zero-order valence-electron chi connectivity index (χ0n) is 8.03. The number of ether oxygens (including phenoxy) is 1. The molecule has 0 atom stereocenters. The molecule has 14 heavy (non-hydrogen) atoms. The van der Waals surface area contributed by atoms with Crippen LogP contribution in [0.3, 0.4) is 0 Å². The predicted octanol–water partition coefficient (Wildman–Crippen LogP) is 2.22. The number of aromatic nitrogens is 1. The van der Waals surface area contributed by atoms with Gasteiger partial charge in [-0.1, -0.05) is 6.07 Å². The fraction of sp³-hybridized carbons (Fsp3) is 0.182. The van der Waals surface area contributed by atoms with Crippen molar-refractivity contribution >= 4 is 16.5 Å². The lowest BCUT2D eigenvalue weighted by molar-refractivity contribution is 0.331. The molecule has 0 radical (unpaired) electrons. The first-order valence-electron chi connectivity index (χ1n) is 4.59. The summed E-state index contributed by atoms with van der Waals surface area (Å²) < 4.78 is 5.41. The topological polar surface area (TPSA) is 48.1 Å². The summed E-state index contributed by atoms with van der Waals surface area (Å²) in [5.74, 6) is 0.650. The maximum absolute atomic E-state index is 5.84. The number of nitrogen functional groups attached to an aromatic ring is 1. The minimum Gasteiger partial charge on any atom is -0.478 e. The molecule has 0 amide bonds. The van der Waals surface area contributed by atoms with Crippen LogP contribution < -0.4 is 10.5 Å². The van der Waals surface area contributed by atoms with E-state index in [1.807, 2.05) is 31.2 Å². The lowest BCUT2D eigenvalue weighted by Gasteiger charge is -2.06. The van der Waals surface area contributed by atoms with E-state index in [4.69, 9.17) is 10.5 Å². The number of anilines is 1. The van der Waals surface area contributed by atoms with Gasteiger partial charge >= 0.3 is 0 Å². The Morgan fingerprint density at radius 2 is 2.14 bits per heavy atom. The average Bonchev–Trinajstić information content (AvgIpc) is 2.20. The number of pyridine rings is 1. The fourth-order valence-corrected chi connectivity index (χ4v) is 1.46. The molecule has 1 heterocycles. The van der Waals surface area contributed by atoms with E-state index in [1.54, 1.807) is 6.20 Å². The standard InChI is InChI=1S/C11H12N2O/c1-2-14-11-9-4-3-5-10(12)8(9)6-7-13-11/h3-7H,2,12H2,1H3. The van der Waals surface area contributed by atoms with Gasteiger partial charge < -0.3 is 10.5 Å². The van der Waals surface area contributed by atoms with Crippen LogP contribution >= 0.6 is 0 Å². The van der Waals surface area contributed by atoms with Gasteiger partial charge in [0.25, 0.3) is 0 Å². The molecule has 0 saturated heterocycles. The van der Waals surface area contributed by atoms with E-state index in [0.717, 1.165) is 16.5 Å². The summed E-state index contributed by atoms with van der Waals surface area (Å²) in [5.41, 5.74) is 6.59. The van der Waals surface area contributed by atoms with Crippen LogP contribution in [0, 0.1) is 0 Å². The molecule has 3 nitrogen and oxygen atoms in total. The van der Waals surface area contributed by atoms with Gasteiger partial charge in [-0.25, -0.2) is 4.98 Å². The molecule has 2 N–H and O–H groups in total. The summed E-state index contributed by atoms with van der Waals surface area (Å²) in [5, 5.41) is 1.96. The summed E-state index contributed by atoms with van der Waals surface area (Å²) in [6, 6.07) is 7.64. The molecule has 0 unspecified atom stereocenters. The molecule has 1 aromatic carbocycles. The lowest BCUT2D eigenvalue weighted by Crippen LogP contribution is -1.96. The Balaban J connectivity index is 2.68. The maximum atomic E-state index is 5.84. The van der Waals surface area contributed by atoms with Crippen LogP contribution in [-0.2, 0) is 0 Å². The Bertz CT molecular complexity index is 454. The second kappa shape index (κ2) is 3.54. The van der Waals surface area contributed by atoms with Gasteiger partial charge in [0.1, 0.15) is 0 Å². The van der Waals surface area contributed by atoms with Crippen LogP contribution in [0.5, 0.6) is 5.88 Å². The highest BCUT2D eigenvalue weighted by molar-refractivity contribution is 5.95. The largest absolute Gasteiger partial charge is 0.478 e. The number of hydrogen-bond donors (Lipinski definition) is 1. The van der Waals surface area contributed by atoms with Crippen molar-refractivity contribution in [3.63, 3.8) is 0 Å². The van der Waals surface area contributed by atoms with E-state index >= 15 is 0 Å². The van der Waals surface area contributed by atoms with Gasteiger partial charge in [0.15, 0.2) is 0 Å². The monoisotopic (exact) mass is 188 g/mol. The van der Waals surface area contributed by atoms with Crippen molar-refractivity contribution in [1.29, 1.82) is 0 Å². The first-order chi connectivity index (χ1) is 6.83. The van der Waals surface area contributed by atoms with Crippen molar-refractivity contribution in [2.45, 2.75) is 6.92 Å². The van der Waals surface area contributed by atoms with Crippen molar-refractivity contribution < 1.29 is 4.74 Å². The van der Waals surface area contributed by atoms with Crippen molar-refractivity contribution in [3.05, 3.63) is 30.5 Å². The van der Waals surface area contributed by atoms with E-state index in [9.17, 15) is 0 Å². The molecule has 0 fully saturated rings. The Morgan fingerprint density at radius 3 is 2.93 bits per heavy atom. The molecular formula is C11H12N2O. The van der Waals surface area contributed by atoms with Gasteiger partial charge in [-0.15, -0.1) is 0 Å². The Morgan fingerprint density at radius 1 is 1.29 bits per heavy atom. The van der Waals surface area contributed by atoms with Crippen LogP contribution in [0.4, 0.5) is 5.69 Å². The highest BCUT2D eigenvalue weighted by Crippen LogP contribution is 2.26. The quantitative estimate of drug-likeness (QED) is 0.735. The number of nitrogens with zero attached hydrogens (tertiary/aromatic N) is 1. The number of hydrogen-bond acceptors (Lipinski definition) is 3. The van der Waals surface area contributed by atoms with Gasteiger partial charge in [0.05, 0.1) is 6.61 Å². The van der Waals surface area contributed by atoms with Crippen LogP contribution in [0.25, 0.3) is 10.8 Å². The number of fused-ring (bicyclic) bond motifs is 1. The van der Waals surface area contributed by atoms with Crippen LogP contribution in [0.15, 0.2) is 30.5 Å². The van der Waals surface area contributed by atoms with Gasteiger partial charge in [-0.3, -0.25) is 0 Å². The summed E-state index contributed by atoms with van der Waals surface area (Å²) in [6.07, 6.45) is 1.71. The lowest BCUT2D eigenvalue weighted by atomic mass is 10.1. The first-order valence-corrected chi connectivity index (χ1v) is 4.59. The highest BCUT2D eigenvalue weighted by atomic mass is 16.5. The molecule has 0 aliphatic carbocycles. The van der Waals surface area contributed by atoms with E-state index in [0.29, 0.717) is 12.5 Å². The summed E-state index contributed by atoms with van der Waals surface area (Å²) >= 11 is 0. The fourth-order valence-electron chi connectivity index (χ4n) is 1.46. The minimum atomic E-state index is 0.612. The Kier molecular flexibility index (Phi) is 2.23. The van der Waals surface area contributed by atoms with Crippen molar-refractivity contribution in [2.75, 3.05) is 12.3 Å². The van der Waals surface area contributed by atoms with E-state index < -0.39 is 0 Å². The first kappa shape index (κ1) is 8.81. The third-order valence-corrected chi connectivity index (χ3v) is 2.08. The van der Waals surface area contributed by atoms with Crippen LogP contribution in [0.1, 0.15) is 6.92 Å². The predicted molar refractivity (Wildman–Crippen MR) is 57.3 cm³/mol. The molecule has 2 aromatic rings. The minimum absolute atomic E-state index is 0.612. The zero-order chi connectivity index (χ0) is 9.97. The number of benzene rings is 1. The van der Waals surface area contributed by atoms with Gasteiger partial charge in [0.2, 0.25) is 5.88 Å². The summed E-state index contributed by atoms with van der Waals surface area (Å²) in [6.45, 7) is 2.55. The van der Waals surface area contributed by atoms with Gasteiger partial charge in [-0.2, -0.15) is 0 Å². The van der Waals surface area contributed by atoms with Crippen LogP contribution in [-0.4, -0.2) is 11.6 Å². The van der Waals surface area contributed by atoms with E-state index in [-0.39, 0.29) is 0 Å². The normalized spacial score (nSPS) is 10.4. The molecule has 1 aromatic heterocycles. The van der Waals surface area contributed by atoms with Crippen molar-refractivity contribution in [1.82, 2.24) is 4.98 Å². The third kappa shape index (κ3) is 1.37. The molecule has 2 rings (SSSR count). The third-order valence-electron chi connectivity index (χ3n) is 2.08.